The van der Waals surface area contributed by atoms with Gasteiger partial charge in [-0.3, -0.25) is 9.36 Å². The second-order valence-electron chi connectivity index (χ2n) is 7.49. The maximum absolute atomic E-state index is 13.0. The number of nitrogens with zero attached hydrogens (tertiary/aromatic N) is 4. The van der Waals surface area contributed by atoms with E-state index < -0.39 is 0 Å². The molecule has 31 heavy (non-hydrogen) atoms. The van der Waals surface area contributed by atoms with Gasteiger partial charge in [0.15, 0.2) is 11.0 Å². The summed E-state index contributed by atoms with van der Waals surface area (Å²) in [5.74, 6) is 1.92. The van der Waals surface area contributed by atoms with Crippen molar-refractivity contribution in [3.8, 4) is 17.1 Å². The molecule has 0 fully saturated rings. The van der Waals surface area contributed by atoms with E-state index in [1.807, 2.05) is 58.9 Å². The fraction of sp³-hybridized carbons (Fsp3) is 0.208. The third-order valence-corrected chi connectivity index (χ3v) is 6.47. The molecule has 4 aromatic rings. The Morgan fingerprint density at radius 2 is 1.81 bits per heavy atom. The lowest BCUT2D eigenvalue weighted by molar-refractivity contribution is -0.129. The molecule has 0 atom stereocenters. The molecule has 0 unspecified atom stereocenters. The summed E-state index contributed by atoms with van der Waals surface area (Å²) in [6.07, 6.45) is 2.55. The van der Waals surface area contributed by atoms with E-state index >= 15 is 0 Å². The summed E-state index contributed by atoms with van der Waals surface area (Å²) in [5, 5.41) is 9.52. The zero-order chi connectivity index (χ0) is 21.2. The molecule has 0 bridgehead atoms. The number of furan rings is 1. The van der Waals surface area contributed by atoms with Crippen LogP contribution in [0.25, 0.3) is 17.1 Å². The van der Waals surface area contributed by atoms with Crippen molar-refractivity contribution < 1.29 is 9.21 Å². The quantitative estimate of drug-likeness (QED) is 0.436. The van der Waals surface area contributed by atoms with Crippen LogP contribution in [0.15, 0.2) is 76.5 Å². The van der Waals surface area contributed by atoms with Crippen LogP contribution in [-0.4, -0.2) is 37.9 Å². The summed E-state index contributed by atoms with van der Waals surface area (Å²) < 4.78 is 7.46. The lowest BCUT2D eigenvalue weighted by Crippen LogP contribution is -2.37. The molecule has 0 saturated heterocycles. The van der Waals surface area contributed by atoms with Crippen molar-refractivity contribution in [2.45, 2.75) is 25.0 Å². The second kappa shape index (κ2) is 8.43. The number of para-hydroxylation sites is 1. The van der Waals surface area contributed by atoms with Crippen LogP contribution < -0.4 is 0 Å². The van der Waals surface area contributed by atoms with E-state index in [0.29, 0.717) is 23.3 Å². The maximum Gasteiger partial charge on any atom is 0.233 e. The van der Waals surface area contributed by atoms with Crippen LogP contribution in [0, 0.1) is 6.92 Å². The molecule has 1 aliphatic rings. The van der Waals surface area contributed by atoms with Crippen molar-refractivity contribution in [3.63, 3.8) is 0 Å². The number of aryl methyl sites for hydroxylation is 1. The highest BCUT2D eigenvalue weighted by molar-refractivity contribution is 7.99. The zero-order valence-corrected chi connectivity index (χ0v) is 18.0. The lowest BCUT2D eigenvalue weighted by Gasteiger charge is -2.28. The summed E-state index contributed by atoms with van der Waals surface area (Å²) in [7, 11) is 0. The third kappa shape index (κ3) is 3.88. The Bertz CT molecular complexity index is 1220. The van der Waals surface area contributed by atoms with E-state index in [9.17, 15) is 4.79 Å². The van der Waals surface area contributed by atoms with Gasteiger partial charge >= 0.3 is 0 Å². The molecule has 0 aliphatic carbocycles. The number of fused-ring (bicyclic) bond motifs is 1. The number of amides is 1. The van der Waals surface area contributed by atoms with Gasteiger partial charge in [-0.25, -0.2) is 0 Å². The number of benzene rings is 2. The van der Waals surface area contributed by atoms with Gasteiger partial charge in [0, 0.05) is 18.8 Å². The Morgan fingerprint density at radius 3 is 2.58 bits per heavy atom. The number of rotatable bonds is 5. The monoisotopic (exact) mass is 430 g/mol. The highest BCUT2D eigenvalue weighted by Gasteiger charge is 2.23. The van der Waals surface area contributed by atoms with Crippen LogP contribution in [0.2, 0.25) is 0 Å². The first-order chi connectivity index (χ1) is 15.2. The van der Waals surface area contributed by atoms with Crippen molar-refractivity contribution >= 4 is 17.7 Å². The first-order valence-corrected chi connectivity index (χ1v) is 11.2. The Morgan fingerprint density at radius 1 is 1.03 bits per heavy atom. The Kier molecular flexibility index (Phi) is 5.34. The number of hydrogen-bond donors (Lipinski definition) is 0. The standard InChI is InChI=1S/C24H22N4O2S/c1-17-21(12-14-30-17)23-25-26-24(28(23)20-9-3-2-4-10-20)31-16-22(29)27-13-11-18-7-5-6-8-19(18)15-27/h2-10,12,14H,11,13,15-16H2,1H3. The number of aromatic nitrogens is 3. The maximum atomic E-state index is 13.0. The first kappa shape index (κ1) is 19.6. The van der Waals surface area contributed by atoms with Crippen LogP contribution in [0.1, 0.15) is 16.9 Å². The van der Waals surface area contributed by atoms with E-state index in [1.54, 1.807) is 6.26 Å². The average molecular weight is 431 g/mol. The first-order valence-electron chi connectivity index (χ1n) is 10.2. The molecular formula is C24H22N4O2S. The topological polar surface area (TPSA) is 64.2 Å². The van der Waals surface area contributed by atoms with Crippen LogP contribution >= 0.6 is 11.8 Å². The predicted molar refractivity (Wildman–Crippen MR) is 120 cm³/mol. The van der Waals surface area contributed by atoms with Crippen LogP contribution in [0.4, 0.5) is 0 Å². The molecule has 156 valence electrons. The number of thioether (sulfide) groups is 1. The van der Waals surface area contributed by atoms with Gasteiger partial charge in [-0.1, -0.05) is 54.2 Å². The van der Waals surface area contributed by atoms with Gasteiger partial charge in [0.1, 0.15) is 5.76 Å². The summed E-state index contributed by atoms with van der Waals surface area (Å²) in [6, 6.07) is 20.2. The largest absolute Gasteiger partial charge is 0.469 e. The molecule has 2 aromatic carbocycles. The summed E-state index contributed by atoms with van der Waals surface area (Å²) in [6.45, 7) is 3.32. The van der Waals surface area contributed by atoms with Gasteiger partial charge in [-0.05, 0) is 42.7 Å². The van der Waals surface area contributed by atoms with Gasteiger partial charge in [0.25, 0.3) is 0 Å². The van der Waals surface area contributed by atoms with Crippen molar-refractivity contribution in [2.24, 2.45) is 0 Å². The van der Waals surface area contributed by atoms with Crippen molar-refractivity contribution in [1.82, 2.24) is 19.7 Å². The predicted octanol–water partition coefficient (Wildman–Crippen LogP) is 4.51. The Hall–Kier alpha value is -3.32. The lowest BCUT2D eigenvalue weighted by atomic mass is 10.00. The minimum atomic E-state index is 0.114. The van der Waals surface area contributed by atoms with E-state index in [2.05, 4.69) is 28.4 Å². The third-order valence-electron chi connectivity index (χ3n) is 5.56. The highest BCUT2D eigenvalue weighted by atomic mass is 32.2. The average Bonchev–Trinajstić information content (AvgIpc) is 3.43. The van der Waals surface area contributed by atoms with E-state index in [-0.39, 0.29) is 5.91 Å². The molecule has 0 spiro atoms. The number of carbonyl (C=O) groups excluding carboxylic acids is 1. The normalized spacial score (nSPS) is 13.3. The summed E-state index contributed by atoms with van der Waals surface area (Å²) in [5.41, 5.74) is 4.41. The van der Waals surface area contributed by atoms with Gasteiger partial charge < -0.3 is 9.32 Å². The molecule has 0 saturated carbocycles. The minimum absolute atomic E-state index is 0.114. The number of hydrogen-bond acceptors (Lipinski definition) is 5. The number of carbonyl (C=O) groups is 1. The van der Waals surface area contributed by atoms with Crippen LogP contribution in [-0.2, 0) is 17.8 Å². The minimum Gasteiger partial charge on any atom is -0.469 e. The van der Waals surface area contributed by atoms with Crippen LogP contribution in [0.3, 0.4) is 0 Å². The van der Waals surface area contributed by atoms with Gasteiger partial charge in [0.05, 0.1) is 17.6 Å². The molecule has 0 radical (unpaired) electrons. The van der Waals surface area contributed by atoms with E-state index in [4.69, 9.17) is 4.42 Å². The molecule has 1 aliphatic heterocycles. The Labute approximate surface area is 184 Å². The van der Waals surface area contributed by atoms with Crippen molar-refractivity contribution in [3.05, 3.63) is 83.8 Å². The molecule has 0 N–H and O–H groups in total. The molecule has 3 heterocycles. The van der Waals surface area contributed by atoms with Crippen molar-refractivity contribution in [2.75, 3.05) is 12.3 Å². The second-order valence-corrected chi connectivity index (χ2v) is 8.43. The fourth-order valence-electron chi connectivity index (χ4n) is 3.89. The van der Waals surface area contributed by atoms with Crippen molar-refractivity contribution in [1.29, 1.82) is 0 Å². The molecule has 1 amide bonds. The van der Waals surface area contributed by atoms with Crippen LogP contribution in [0.5, 0.6) is 0 Å². The molecule has 6 nitrogen and oxygen atoms in total. The summed E-state index contributed by atoms with van der Waals surface area (Å²) >= 11 is 1.42. The molecule has 7 heteroatoms. The Balaban J connectivity index is 1.38. The highest BCUT2D eigenvalue weighted by Crippen LogP contribution is 2.30. The van der Waals surface area contributed by atoms with E-state index in [1.165, 1.54) is 22.9 Å². The zero-order valence-electron chi connectivity index (χ0n) is 17.2. The molecule has 5 rings (SSSR count). The molecular weight excluding hydrogens is 408 g/mol. The molecule has 2 aromatic heterocycles. The van der Waals surface area contributed by atoms with Gasteiger partial charge in [-0.2, -0.15) is 0 Å². The fourth-order valence-corrected chi connectivity index (χ4v) is 4.75. The van der Waals surface area contributed by atoms with Gasteiger partial charge in [0.2, 0.25) is 5.91 Å². The summed E-state index contributed by atoms with van der Waals surface area (Å²) in [4.78, 5) is 14.9. The smallest absolute Gasteiger partial charge is 0.233 e. The SMILES string of the molecule is Cc1occc1-c1nnc(SCC(=O)N2CCc3ccccc3C2)n1-c1ccccc1. The van der Waals surface area contributed by atoms with E-state index in [0.717, 1.165) is 30.0 Å². The van der Waals surface area contributed by atoms with Gasteiger partial charge in [-0.15, -0.1) is 10.2 Å².